The normalized spacial score (nSPS) is 13.0. The number of esters is 3. The van der Waals surface area contributed by atoms with Gasteiger partial charge in [-0.05, 0) is 122 Å². The van der Waals surface area contributed by atoms with Crippen molar-refractivity contribution in [3.8, 4) is 0 Å². The SMILES string of the molecule is CC/C=C\C/C=C\C/C=C\C/C=C\CCCCCCC(=O)O[C@H](COC(=O)CC/C=C\C/C=C\C/C=C\C/C=C\C/C=C\CCCCC)COC(=O)CCCCCCCCC/C=C\CCCCCCCC. The molecule has 0 aromatic carbocycles. The van der Waals surface area contributed by atoms with Crippen molar-refractivity contribution in [2.24, 2.45) is 0 Å². The molecule has 0 spiro atoms. The lowest BCUT2D eigenvalue weighted by Gasteiger charge is -2.18. The molecule has 0 saturated heterocycles. The minimum atomic E-state index is -0.827. The molecule has 0 aliphatic rings. The van der Waals surface area contributed by atoms with Gasteiger partial charge in [-0.15, -0.1) is 0 Å². The van der Waals surface area contributed by atoms with Crippen LogP contribution in [-0.4, -0.2) is 37.2 Å². The summed E-state index contributed by atoms with van der Waals surface area (Å²) in [4.78, 5) is 38.2. The van der Waals surface area contributed by atoms with Gasteiger partial charge in [-0.1, -0.05) is 232 Å². The summed E-state index contributed by atoms with van der Waals surface area (Å²) in [5, 5.41) is 0. The van der Waals surface area contributed by atoms with Crippen molar-refractivity contribution >= 4 is 17.9 Å². The number of hydrogen-bond acceptors (Lipinski definition) is 6. The molecule has 0 aromatic heterocycles. The Bertz CT molecular complexity index is 1500. The Morgan fingerprint density at radius 3 is 0.986 bits per heavy atom. The van der Waals surface area contributed by atoms with Crippen molar-refractivity contribution in [2.75, 3.05) is 13.2 Å². The van der Waals surface area contributed by atoms with Crippen LogP contribution >= 0.6 is 0 Å². The van der Waals surface area contributed by atoms with Gasteiger partial charge >= 0.3 is 17.9 Å². The summed E-state index contributed by atoms with van der Waals surface area (Å²) in [6.45, 7) is 6.41. The number of ether oxygens (including phenoxy) is 3. The quantitative estimate of drug-likeness (QED) is 0.0261. The Kier molecular flexibility index (Phi) is 54.9. The standard InChI is InChI=1S/C65H106O6/c1-4-7-10-13-16-19-22-25-28-31-32-35-37-40-43-46-49-52-55-58-64(67)70-61-62(71-65(68)59-56-53-50-47-44-41-38-34-30-27-24-21-18-15-12-9-6-3)60-69-63(66)57-54-51-48-45-42-39-36-33-29-26-23-20-17-14-11-8-5-2/h9,12,16,18-19,21,25-30,32,35,38,40-41,43,49,52,62H,4-8,10-11,13-15,17,20,22-24,31,33-34,36-37,39,42,44-48,50-51,53-61H2,1-3H3/b12-9-,19-16-,21-18-,28-25-,29-26-,30-27-,35-32-,41-38-,43-40-,52-49-/t62-/m0/s1. The molecule has 0 heterocycles. The molecule has 0 aliphatic heterocycles. The van der Waals surface area contributed by atoms with E-state index in [-0.39, 0.29) is 44.0 Å². The van der Waals surface area contributed by atoms with Crippen molar-refractivity contribution in [1.29, 1.82) is 0 Å². The van der Waals surface area contributed by atoms with Crippen molar-refractivity contribution < 1.29 is 28.6 Å². The largest absolute Gasteiger partial charge is 0.462 e. The minimum absolute atomic E-state index is 0.116. The first kappa shape index (κ1) is 66.8. The van der Waals surface area contributed by atoms with Crippen LogP contribution in [0.4, 0.5) is 0 Å². The van der Waals surface area contributed by atoms with Gasteiger partial charge < -0.3 is 14.2 Å². The van der Waals surface area contributed by atoms with Gasteiger partial charge in [0.05, 0.1) is 0 Å². The molecule has 0 saturated carbocycles. The van der Waals surface area contributed by atoms with Gasteiger partial charge in [0.2, 0.25) is 0 Å². The summed E-state index contributed by atoms with van der Waals surface area (Å²) in [6, 6.07) is 0. The summed E-state index contributed by atoms with van der Waals surface area (Å²) >= 11 is 0. The molecule has 6 nitrogen and oxygen atoms in total. The average molecular weight is 984 g/mol. The number of carbonyl (C=O) groups is 3. The van der Waals surface area contributed by atoms with E-state index in [2.05, 4.69) is 136 Å². The Labute approximate surface area is 437 Å². The van der Waals surface area contributed by atoms with Crippen LogP contribution in [0.3, 0.4) is 0 Å². The highest BCUT2D eigenvalue weighted by atomic mass is 16.6. The van der Waals surface area contributed by atoms with E-state index in [1.165, 1.54) is 103 Å². The van der Waals surface area contributed by atoms with Crippen LogP contribution < -0.4 is 0 Å². The Hall–Kier alpha value is -4.19. The minimum Gasteiger partial charge on any atom is -0.462 e. The van der Waals surface area contributed by atoms with Crippen LogP contribution in [0.15, 0.2) is 122 Å². The zero-order valence-electron chi connectivity index (χ0n) is 45.9. The van der Waals surface area contributed by atoms with E-state index < -0.39 is 6.10 Å². The van der Waals surface area contributed by atoms with Crippen LogP contribution in [0.25, 0.3) is 0 Å². The lowest BCUT2D eigenvalue weighted by molar-refractivity contribution is -0.166. The highest BCUT2D eigenvalue weighted by Gasteiger charge is 2.19. The summed E-state index contributed by atoms with van der Waals surface area (Å²) in [7, 11) is 0. The molecule has 0 rings (SSSR count). The molecule has 0 aromatic rings. The fourth-order valence-corrected chi connectivity index (χ4v) is 7.59. The van der Waals surface area contributed by atoms with Gasteiger partial charge in [0, 0.05) is 19.3 Å². The van der Waals surface area contributed by atoms with E-state index in [1.54, 1.807) is 0 Å². The number of carbonyl (C=O) groups excluding carboxylic acids is 3. The zero-order valence-corrected chi connectivity index (χ0v) is 45.9. The fourth-order valence-electron chi connectivity index (χ4n) is 7.59. The molecule has 1 atom stereocenters. The van der Waals surface area contributed by atoms with Crippen molar-refractivity contribution in [1.82, 2.24) is 0 Å². The van der Waals surface area contributed by atoms with Crippen LogP contribution in [0, 0.1) is 0 Å². The van der Waals surface area contributed by atoms with Crippen molar-refractivity contribution in [3.05, 3.63) is 122 Å². The molecule has 0 amide bonds. The lowest BCUT2D eigenvalue weighted by atomic mass is 10.1. The Balaban J connectivity index is 4.56. The van der Waals surface area contributed by atoms with Crippen LogP contribution in [-0.2, 0) is 28.6 Å². The summed E-state index contributed by atoms with van der Waals surface area (Å²) < 4.78 is 16.8. The first-order chi connectivity index (χ1) is 35.0. The third-order valence-corrected chi connectivity index (χ3v) is 11.9. The topological polar surface area (TPSA) is 78.9 Å². The Morgan fingerprint density at radius 1 is 0.296 bits per heavy atom. The van der Waals surface area contributed by atoms with Crippen LogP contribution in [0.1, 0.15) is 252 Å². The predicted octanol–water partition coefficient (Wildman–Crippen LogP) is 19.6. The second-order valence-corrected chi connectivity index (χ2v) is 18.8. The second-order valence-electron chi connectivity index (χ2n) is 18.8. The van der Waals surface area contributed by atoms with E-state index in [1.807, 2.05) is 6.08 Å². The summed E-state index contributed by atoms with van der Waals surface area (Å²) in [5.74, 6) is -1.03. The molecule has 0 N–H and O–H groups in total. The molecule has 0 fully saturated rings. The van der Waals surface area contributed by atoms with Gasteiger partial charge in [0.1, 0.15) is 13.2 Å². The molecule has 0 bridgehead atoms. The average Bonchev–Trinajstić information content (AvgIpc) is 3.37. The van der Waals surface area contributed by atoms with E-state index >= 15 is 0 Å². The summed E-state index contributed by atoms with van der Waals surface area (Å²) in [6.07, 6.45) is 80.5. The van der Waals surface area contributed by atoms with Crippen LogP contribution in [0.5, 0.6) is 0 Å². The third-order valence-electron chi connectivity index (χ3n) is 11.9. The van der Waals surface area contributed by atoms with Crippen LogP contribution in [0.2, 0.25) is 0 Å². The zero-order chi connectivity index (χ0) is 51.4. The molecular formula is C65H106O6. The molecule has 0 unspecified atom stereocenters. The highest BCUT2D eigenvalue weighted by Crippen LogP contribution is 2.13. The molecule has 71 heavy (non-hydrogen) atoms. The van der Waals surface area contributed by atoms with E-state index in [0.717, 1.165) is 103 Å². The highest BCUT2D eigenvalue weighted by molar-refractivity contribution is 5.71. The van der Waals surface area contributed by atoms with Gasteiger partial charge in [0.15, 0.2) is 6.10 Å². The number of allylic oxidation sites excluding steroid dienone is 20. The predicted molar refractivity (Wildman–Crippen MR) is 306 cm³/mol. The maximum absolute atomic E-state index is 12.9. The Morgan fingerprint density at radius 2 is 0.577 bits per heavy atom. The molecule has 402 valence electrons. The molecule has 0 radical (unpaired) electrons. The first-order valence-corrected chi connectivity index (χ1v) is 29.0. The van der Waals surface area contributed by atoms with Gasteiger partial charge in [0.25, 0.3) is 0 Å². The third kappa shape index (κ3) is 56.6. The van der Waals surface area contributed by atoms with Gasteiger partial charge in [-0.2, -0.15) is 0 Å². The number of rotatable bonds is 51. The second kappa shape index (κ2) is 58.4. The fraction of sp³-hybridized carbons (Fsp3) is 0.646. The van der Waals surface area contributed by atoms with E-state index in [0.29, 0.717) is 12.8 Å². The van der Waals surface area contributed by atoms with Crippen molar-refractivity contribution in [2.45, 2.75) is 258 Å². The molecule has 0 aliphatic carbocycles. The van der Waals surface area contributed by atoms with E-state index in [9.17, 15) is 14.4 Å². The number of unbranched alkanes of at least 4 members (excludes halogenated alkanes) is 20. The van der Waals surface area contributed by atoms with Gasteiger partial charge in [-0.25, -0.2) is 0 Å². The van der Waals surface area contributed by atoms with Gasteiger partial charge in [-0.3, -0.25) is 14.4 Å². The maximum atomic E-state index is 12.9. The lowest BCUT2D eigenvalue weighted by Crippen LogP contribution is -2.30. The van der Waals surface area contributed by atoms with E-state index in [4.69, 9.17) is 14.2 Å². The van der Waals surface area contributed by atoms with Crippen molar-refractivity contribution in [3.63, 3.8) is 0 Å². The molecular weight excluding hydrogens is 877 g/mol. The maximum Gasteiger partial charge on any atom is 0.306 e. The summed E-state index contributed by atoms with van der Waals surface area (Å²) in [5.41, 5.74) is 0. The molecule has 6 heteroatoms. The first-order valence-electron chi connectivity index (χ1n) is 29.0. The smallest absolute Gasteiger partial charge is 0.306 e. The number of hydrogen-bond donors (Lipinski definition) is 0. The monoisotopic (exact) mass is 983 g/mol.